The second-order valence-electron chi connectivity index (χ2n) is 3.53. The molecule has 0 bridgehead atoms. The number of non-ortho nitro benzene ring substituents is 1. The largest absolute Gasteiger partial charge is 0.414 e. The molecule has 1 atom stereocenters. The SMILES string of the molecule is CC(OCc1cc([N+](=O)[O-])ccc1Cl)C(F)(F)F. The summed E-state index contributed by atoms with van der Waals surface area (Å²) in [6, 6.07) is 3.50. The van der Waals surface area contributed by atoms with Crippen LogP contribution in [0.2, 0.25) is 5.02 Å². The first-order chi connectivity index (χ1) is 8.21. The number of nitrogens with zero attached hydrogens (tertiary/aromatic N) is 1. The van der Waals surface area contributed by atoms with Gasteiger partial charge in [0.25, 0.3) is 5.69 Å². The highest BCUT2D eigenvalue weighted by Crippen LogP contribution is 2.26. The maximum absolute atomic E-state index is 12.2. The molecule has 0 aromatic heterocycles. The monoisotopic (exact) mass is 283 g/mol. The Morgan fingerprint density at radius 3 is 2.61 bits per heavy atom. The van der Waals surface area contributed by atoms with E-state index >= 15 is 0 Å². The van der Waals surface area contributed by atoms with E-state index in [1.165, 1.54) is 12.1 Å². The Morgan fingerprint density at radius 2 is 2.11 bits per heavy atom. The Kier molecular flexibility index (Phi) is 4.53. The van der Waals surface area contributed by atoms with E-state index in [1.807, 2.05) is 0 Å². The maximum atomic E-state index is 12.2. The van der Waals surface area contributed by atoms with Crippen molar-refractivity contribution in [3.8, 4) is 0 Å². The zero-order valence-electron chi connectivity index (χ0n) is 9.20. The quantitative estimate of drug-likeness (QED) is 0.625. The van der Waals surface area contributed by atoms with Crippen molar-refractivity contribution >= 4 is 17.3 Å². The molecule has 8 heteroatoms. The van der Waals surface area contributed by atoms with Crippen molar-refractivity contribution in [1.29, 1.82) is 0 Å². The summed E-state index contributed by atoms with van der Waals surface area (Å²) in [5, 5.41) is 10.6. The predicted molar refractivity (Wildman–Crippen MR) is 58.4 cm³/mol. The normalized spacial score (nSPS) is 13.4. The van der Waals surface area contributed by atoms with Crippen molar-refractivity contribution in [2.24, 2.45) is 0 Å². The van der Waals surface area contributed by atoms with E-state index in [1.54, 1.807) is 0 Å². The second kappa shape index (κ2) is 5.53. The van der Waals surface area contributed by atoms with Crippen LogP contribution in [0, 0.1) is 10.1 Å². The van der Waals surface area contributed by atoms with Gasteiger partial charge in [-0.15, -0.1) is 0 Å². The van der Waals surface area contributed by atoms with Gasteiger partial charge >= 0.3 is 6.18 Å². The van der Waals surface area contributed by atoms with Crippen LogP contribution in [0.15, 0.2) is 18.2 Å². The summed E-state index contributed by atoms with van der Waals surface area (Å²) in [4.78, 5) is 9.84. The minimum Gasteiger partial charge on any atom is -0.364 e. The molecule has 0 spiro atoms. The van der Waals surface area contributed by atoms with Gasteiger partial charge in [-0.25, -0.2) is 0 Å². The van der Waals surface area contributed by atoms with Crippen LogP contribution in [-0.2, 0) is 11.3 Å². The lowest BCUT2D eigenvalue weighted by molar-refractivity contribution is -0.385. The van der Waals surface area contributed by atoms with Crippen LogP contribution in [0.3, 0.4) is 0 Å². The molecular weight excluding hydrogens is 275 g/mol. The van der Waals surface area contributed by atoms with E-state index in [0.29, 0.717) is 0 Å². The third-order valence-corrected chi connectivity index (χ3v) is 2.56. The van der Waals surface area contributed by atoms with Crippen molar-refractivity contribution < 1.29 is 22.8 Å². The molecule has 4 nitrogen and oxygen atoms in total. The molecule has 0 saturated heterocycles. The van der Waals surface area contributed by atoms with Crippen LogP contribution >= 0.6 is 11.6 Å². The highest BCUT2D eigenvalue weighted by atomic mass is 35.5. The number of hydrogen-bond donors (Lipinski definition) is 0. The van der Waals surface area contributed by atoms with Gasteiger partial charge in [-0.2, -0.15) is 13.2 Å². The topological polar surface area (TPSA) is 52.4 Å². The summed E-state index contributed by atoms with van der Waals surface area (Å²) < 4.78 is 41.2. The summed E-state index contributed by atoms with van der Waals surface area (Å²) in [6.45, 7) is 0.409. The average Bonchev–Trinajstić information content (AvgIpc) is 2.25. The number of ether oxygens (including phenoxy) is 1. The number of rotatable bonds is 4. The lowest BCUT2D eigenvalue weighted by Crippen LogP contribution is -2.28. The van der Waals surface area contributed by atoms with E-state index < -0.39 is 23.8 Å². The number of nitro benzene ring substituents is 1. The predicted octanol–water partition coefficient (Wildman–Crippen LogP) is 3.72. The van der Waals surface area contributed by atoms with Crippen LogP contribution in [0.4, 0.5) is 18.9 Å². The third kappa shape index (κ3) is 3.85. The molecule has 0 heterocycles. The summed E-state index contributed by atoms with van der Waals surface area (Å²) in [5.74, 6) is 0. The van der Waals surface area contributed by atoms with Crippen molar-refractivity contribution in [2.75, 3.05) is 0 Å². The Morgan fingerprint density at radius 1 is 1.50 bits per heavy atom. The fourth-order valence-corrected chi connectivity index (χ4v) is 1.27. The van der Waals surface area contributed by atoms with E-state index in [4.69, 9.17) is 11.6 Å². The molecule has 0 fully saturated rings. The second-order valence-corrected chi connectivity index (χ2v) is 3.93. The molecular formula is C10H9ClF3NO3. The van der Waals surface area contributed by atoms with Gasteiger partial charge in [-0.1, -0.05) is 11.6 Å². The molecule has 1 aromatic carbocycles. The van der Waals surface area contributed by atoms with Crippen molar-refractivity contribution in [3.05, 3.63) is 38.9 Å². The number of nitro groups is 1. The molecule has 0 aliphatic carbocycles. The van der Waals surface area contributed by atoms with Gasteiger partial charge in [0.15, 0.2) is 6.10 Å². The number of halogens is 4. The number of alkyl halides is 3. The van der Waals surface area contributed by atoms with Crippen LogP contribution in [0.1, 0.15) is 12.5 Å². The third-order valence-electron chi connectivity index (χ3n) is 2.19. The zero-order valence-corrected chi connectivity index (χ0v) is 9.96. The van der Waals surface area contributed by atoms with Crippen LogP contribution in [0.5, 0.6) is 0 Å². The first-order valence-corrected chi connectivity index (χ1v) is 5.20. The van der Waals surface area contributed by atoms with Crippen molar-refractivity contribution in [1.82, 2.24) is 0 Å². The van der Waals surface area contributed by atoms with Gasteiger partial charge in [0.2, 0.25) is 0 Å². The van der Waals surface area contributed by atoms with E-state index in [2.05, 4.69) is 4.74 Å². The van der Waals surface area contributed by atoms with Crippen LogP contribution in [0.25, 0.3) is 0 Å². The molecule has 1 unspecified atom stereocenters. The molecule has 18 heavy (non-hydrogen) atoms. The van der Waals surface area contributed by atoms with Crippen LogP contribution < -0.4 is 0 Å². The minimum atomic E-state index is -4.48. The average molecular weight is 284 g/mol. The molecule has 1 rings (SSSR count). The van der Waals surface area contributed by atoms with Crippen molar-refractivity contribution in [2.45, 2.75) is 25.8 Å². The lowest BCUT2D eigenvalue weighted by Gasteiger charge is -2.16. The van der Waals surface area contributed by atoms with Gasteiger partial charge in [0.1, 0.15) is 0 Å². The Bertz CT molecular complexity index is 450. The maximum Gasteiger partial charge on any atom is 0.414 e. The Balaban J connectivity index is 2.78. The minimum absolute atomic E-state index is 0.120. The Hall–Kier alpha value is -1.34. The first-order valence-electron chi connectivity index (χ1n) is 4.83. The summed E-state index contributed by atoms with van der Waals surface area (Å²) in [6.07, 6.45) is -6.44. The zero-order chi connectivity index (χ0) is 13.9. The van der Waals surface area contributed by atoms with Gasteiger partial charge in [0, 0.05) is 22.7 Å². The smallest absolute Gasteiger partial charge is 0.364 e. The summed E-state index contributed by atoms with van der Waals surface area (Å²) in [7, 11) is 0. The molecule has 100 valence electrons. The van der Waals surface area contributed by atoms with Crippen LogP contribution in [-0.4, -0.2) is 17.2 Å². The summed E-state index contributed by atoms with van der Waals surface area (Å²) >= 11 is 5.71. The standard InChI is InChI=1S/C10H9ClF3NO3/c1-6(10(12,13)14)18-5-7-4-8(15(16)17)2-3-9(7)11/h2-4,6H,5H2,1H3. The lowest BCUT2D eigenvalue weighted by atomic mass is 10.2. The molecule has 1 aromatic rings. The number of benzene rings is 1. The summed E-state index contributed by atoms with van der Waals surface area (Å²) in [5.41, 5.74) is -0.111. The van der Waals surface area contributed by atoms with Gasteiger partial charge < -0.3 is 4.74 Å². The molecule has 0 radical (unpaired) electrons. The highest BCUT2D eigenvalue weighted by Gasteiger charge is 2.36. The molecule has 0 aliphatic heterocycles. The van der Waals surface area contributed by atoms with E-state index in [0.717, 1.165) is 13.0 Å². The van der Waals surface area contributed by atoms with Gasteiger partial charge in [-0.3, -0.25) is 10.1 Å². The van der Waals surface area contributed by atoms with E-state index in [9.17, 15) is 23.3 Å². The fourth-order valence-electron chi connectivity index (χ4n) is 1.09. The molecule has 0 aliphatic rings. The Labute approximate surface area is 105 Å². The highest BCUT2D eigenvalue weighted by molar-refractivity contribution is 6.31. The molecule has 0 N–H and O–H groups in total. The first kappa shape index (κ1) is 14.7. The molecule has 0 saturated carbocycles. The molecule has 0 amide bonds. The van der Waals surface area contributed by atoms with Gasteiger partial charge in [0.05, 0.1) is 11.5 Å². The van der Waals surface area contributed by atoms with Crippen molar-refractivity contribution in [3.63, 3.8) is 0 Å². The number of hydrogen-bond acceptors (Lipinski definition) is 3. The van der Waals surface area contributed by atoms with Gasteiger partial charge in [-0.05, 0) is 13.0 Å². The van der Waals surface area contributed by atoms with E-state index in [-0.39, 0.29) is 16.3 Å². The fraction of sp³-hybridized carbons (Fsp3) is 0.400.